The maximum absolute atomic E-state index is 5.42. The molecule has 0 atom stereocenters. The number of hydrogen-bond acceptors (Lipinski definition) is 0. The van der Waals surface area contributed by atoms with Crippen molar-refractivity contribution in [3.8, 4) is 0 Å². The molecule has 0 spiro atoms. The van der Waals surface area contributed by atoms with Crippen LogP contribution in [-0.4, -0.2) is 41.1 Å². The van der Waals surface area contributed by atoms with Gasteiger partial charge in [0.15, 0.2) is 0 Å². The van der Waals surface area contributed by atoms with E-state index in [1.54, 1.807) is 0 Å². The van der Waals surface area contributed by atoms with Crippen molar-refractivity contribution in [3.05, 3.63) is 0 Å². The third kappa shape index (κ3) is 38.2. The van der Waals surface area contributed by atoms with Crippen LogP contribution in [0.15, 0.2) is 0 Å². The van der Waals surface area contributed by atoms with Gasteiger partial charge in [0.2, 0.25) is 0 Å². The fourth-order valence-corrected chi connectivity index (χ4v) is 3.12. The maximum atomic E-state index is 5.06. The molecule has 0 radical (unpaired) electrons. The van der Waals surface area contributed by atoms with Crippen molar-refractivity contribution in [1.29, 1.82) is 0 Å². The van der Waals surface area contributed by atoms with E-state index >= 15 is 0 Å². The Hall–Kier alpha value is 2.45. The van der Waals surface area contributed by atoms with E-state index in [2.05, 4.69) is 44.3 Å². The van der Waals surface area contributed by atoms with Crippen molar-refractivity contribution in [1.82, 2.24) is 0 Å². The second-order valence-corrected chi connectivity index (χ2v) is 69.1. The second kappa shape index (κ2) is 9.95. The normalized spacial score (nSPS) is 16.4. The SMILES string of the molecule is CCC=[N+](CCC)CCCC[Si](C)(C)C.[Cl][Sb-]([Cl])([Cl])([Cl])([Cl])[Cl]. The van der Waals surface area contributed by atoms with Crippen LogP contribution in [0.3, 0.4) is 0 Å². The van der Waals surface area contributed by atoms with Crippen molar-refractivity contribution >= 4 is 76.4 Å². The van der Waals surface area contributed by atoms with Gasteiger partial charge >= 0.3 is 62.1 Å². The Labute approximate surface area is 157 Å². The summed E-state index contributed by atoms with van der Waals surface area (Å²) in [6, 6.07) is 1.49. The first-order chi connectivity index (χ1) is 9.44. The summed E-state index contributed by atoms with van der Waals surface area (Å²) in [5.74, 6) is 0. The molecular weight excluding hydrogens is 533 g/mol. The summed E-state index contributed by atoms with van der Waals surface area (Å²) < 4.78 is 2.50. The molecule has 0 aromatic rings. The van der Waals surface area contributed by atoms with E-state index in [1.807, 2.05) is 0 Å². The molecule has 9 heteroatoms. The topological polar surface area (TPSA) is 3.01 Å². The fourth-order valence-electron chi connectivity index (χ4n) is 1.81. The average Bonchev–Trinajstić information content (AvgIpc) is 2.19. The predicted molar refractivity (Wildman–Crippen MR) is 115 cm³/mol. The first-order valence-electron chi connectivity index (χ1n) is 7.58. The van der Waals surface area contributed by atoms with Crippen LogP contribution in [0.1, 0.15) is 39.5 Å². The predicted octanol–water partition coefficient (Wildman–Crippen LogP) is 7.76. The Morgan fingerprint density at radius 2 is 1.32 bits per heavy atom. The zero-order valence-electron chi connectivity index (χ0n) is 14.2. The van der Waals surface area contributed by atoms with Crippen LogP contribution in [0, 0.1) is 0 Å². The number of unbranched alkanes of at least 4 members (excludes halogenated alkanes) is 1. The molecule has 0 bridgehead atoms. The number of rotatable bonds is 8. The van der Waals surface area contributed by atoms with Gasteiger partial charge in [0.25, 0.3) is 0 Å². The van der Waals surface area contributed by atoms with Crippen LogP contribution in [0.4, 0.5) is 0 Å². The van der Waals surface area contributed by atoms with Gasteiger partial charge in [-0.15, -0.1) is 0 Å². The fraction of sp³-hybridized carbons (Fsp3) is 0.923. The summed E-state index contributed by atoms with van der Waals surface area (Å²) in [4.78, 5) is 0. The summed E-state index contributed by atoms with van der Waals surface area (Å²) in [6.45, 7) is 14.4. The first kappa shape index (κ1) is 26.7. The van der Waals surface area contributed by atoms with Gasteiger partial charge < -0.3 is 0 Å². The standard InChI is InChI=1S/C13H30NSi.6ClH.Sb/c1-6-10-14(11-7-2)12-8-9-13-15(3,4)5;;;;;;;/h10H,6-9,11-13H2,1-5H3;6*1H;/q+1;;;;;;;+5/p-6. The van der Waals surface area contributed by atoms with E-state index in [0.29, 0.717) is 0 Å². The quantitative estimate of drug-likeness (QED) is 0.123. The van der Waals surface area contributed by atoms with Gasteiger partial charge in [-0.25, -0.2) is 4.58 Å². The number of hydrogen-bond donors (Lipinski definition) is 0. The molecule has 0 saturated heterocycles. The Morgan fingerprint density at radius 1 is 0.864 bits per heavy atom. The average molecular weight is 563 g/mol. The molecule has 0 aromatic heterocycles. The second-order valence-electron chi connectivity index (χ2n) is 6.60. The van der Waals surface area contributed by atoms with E-state index in [4.69, 9.17) is 53.0 Å². The van der Waals surface area contributed by atoms with Crippen molar-refractivity contribution in [3.63, 3.8) is 0 Å². The molecule has 0 aromatic carbocycles. The van der Waals surface area contributed by atoms with Gasteiger partial charge in [0.05, 0.1) is 0 Å². The molecule has 0 amide bonds. The number of nitrogens with zero attached hydrogens (tertiary/aromatic N) is 1. The summed E-state index contributed by atoms with van der Waals surface area (Å²) in [5.41, 5.74) is 0. The summed E-state index contributed by atoms with van der Waals surface area (Å²) in [7, 11) is 24.2. The molecule has 0 rings (SSSR count). The van der Waals surface area contributed by atoms with Crippen LogP contribution in [0.5, 0.6) is 0 Å². The minimum atomic E-state index is -5.42. The molecule has 138 valence electrons. The summed E-state index contributed by atoms with van der Waals surface area (Å²) in [5, 5.41) is 0. The Balaban J connectivity index is 0. The molecule has 1 nitrogen and oxygen atoms in total. The van der Waals surface area contributed by atoms with Gasteiger partial charge in [-0.1, -0.05) is 39.5 Å². The van der Waals surface area contributed by atoms with Crippen LogP contribution < -0.4 is 0 Å². The molecule has 0 aliphatic carbocycles. The van der Waals surface area contributed by atoms with Crippen LogP contribution in [0.2, 0.25) is 25.7 Å². The van der Waals surface area contributed by atoms with Gasteiger partial charge in [-0.2, -0.15) is 0 Å². The Kier molecular flexibility index (Phi) is 12.1. The Bertz CT molecular complexity index is 333. The molecule has 22 heavy (non-hydrogen) atoms. The molecule has 0 aliphatic rings. The molecule has 0 N–H and O–H groups in total. The molecule has 0 aliphatic heterocycles. The van der Waals surface area contributed by atoms with E-state index in [0.717, 1.165) is 0 Å². The zero-order chi connectivity index (χ0) is 18.1. The number of halogens is 6. The zero-order valence-corrected chi connectivity index (χ0v) is 22.3. The van der Waals surface area contributed by atoms with Gasteiger partial charge in [-0.3, -0.25) is 0 Å². The molecule has 0 saturated carbocycles. The molecular formula is C13H30Cl6NSbSi. The van der Waals surface area contributed by atoms with E-state index in [1.165, 1.54) is 44.8 Å². The molecule has 0 unspecified atom stereocenters. The molecule has 0 heterocycles. The van der Waals surface area contributed by atoms with E-state index in [-0.39, 0.29) is 0 Å². The van der Waals surface area contributed by atoms with Crippen LogP contribution >= 0.6 is 53.0 Å². The Morgan fingerprint density at radius 3 is 1.64 bits per heavy atom. The third-order valence-electron chi connectivity index (χ3n) is 2.57. The van der Waals surface area contributed by atoms with Crippen molar-refractivity contribution in [2.24, 2.45) is 0 Å². The van der Waals surface area contributed by atoms with Crippen molar-refractivity contribution in [2.45, 2.75) is 65.2 Å². The van der Waals surface area contributed by atoms with Crippen LogP contribution in [-0.2, 0) is 0 Å². The van der Waals surface area contributed by atoms with Crippen molar-refractivity contribution < 1.29 is 4.58 Å². The summed E-state index contributed by atoms with van der Waals surface area (Å²) in [6.07, 6.45) is 7.60. The minimum absolute atomic E-state index is 0.795. The molecule has 0 fully saturated rings. The third-order valence-corrected chi connectivity index (χ3v) is 4.43. The first-order valence-corrected chi connectivity index (χ1v) is 30.7. The van der Waals surface area contributed by atoms with Crippen molar-refractivity contribution in [2.75, 3.05) is 13.1 Å². The van der Waals surface area contributed by atoms with Gasteiger partial charge in [0, 0.05) is 27.3 Å². The van der Waals surface area contributed by atoms with Gasteiger partial charge in [0.1, 0.15) is 19.3 Å². The van der Waals surface area contributed by atoms with E-state index < -0.39 is 17.2 Å². The monoisotopic (exact) mass is 559 g/mol. The van der Waals surface area contributed by atoms with E-state index in [9.17, 15) is 0 Å². The summed E-state index contributed by atoms with van der Waals surface area (Å²) >= 11 is 0. The van der Waals surface area contributed by atoms with Crippen LogP contribution in [0.25, 0.3) is 0 Å². The van der Waals surface area contributed by atoms with Gasteiger partial charge in [-0.05, 0) is 6.42 Å².